The van der Waals surface area contributed by atoms with Crippen molar-refractivity contribution in [3.05, 3.63) is 64.4 Å². The number of hydrogen-bond donors (Lipinski definition) is 1. The molecule has 2 aromatic rings. The van der Waals surface area contributed by atoms with Gasteiger partial charge in [0, 0.05) is 17.1 Å². The van der Waals surface area contributed by atoms with Gasteiger partial charge < -0.3 is 10.2 Å². The fraction of sp³-hybridized carbons (Fsp3) is 0.440. The molecule has 2 amide bonds. The lowest BCUT2D eigenvalue weighted by Gasteiger charge is -2.33. The van der Waals surface area contributed by atoms with Gasteiger partial charge in [0.1, 0.15) is 18.4 Å². The highest BCUT2D eigenvalue weighted by atomic mass is 79.9. The Bertz CT molecular complexity index is 1140. The van der Waals surface area contributed by atoms with E-state index in [0.717, 1.165) is 58.8 Å². The Morgan fingerprint density at radius 1 is 1.11 bits per heavy atom. The molecule has 190 valence electrons. The summed E-state index contributed by atoms with van der Waals surface area (Å²) in [7, 11) is -3.90. The lowest BCUT2D eigenvalue weighted by Crippen LogP contribution is -2.52. The maximum Gasteiger partial charge on any atom is 0.244 e. The Morgan fingerprint density at radius 2 is 1.77 bits per heavy atom. The molecular formula is C25H31BrFN3O4S. The SMILES string of the molecule is CC(C(=O)NC1CCCCC1)N(Cc1ccc(Br)cc1)C(=O)CN(c1cccc(F)c1)S(C)(=O)=O. The number of sulfonamides is 1. The Hall–Kier alpha value is -2.46. The van der Waals surface area contributed by atoms with Gasteiger partial charge in [-0.05, 0) is 55.7 Å². The van der Waals surface area contributed by atoms with Crippen molar-refractivity contribution in [1.29, 1.82) is 0 Å². The van der Waals surface area contributed by atoms with Gasteiger partial charge in [-0.15, -0.1) is 0 Å². The van der Waals surface area contributed by atoms with Crippen molar-refractivity contribution >= 4 is 43.5 Å². The number of benzene rings is 2. The molecule has 1 unspecified atom stereocenters. The minimum absolute atomic E-state index is 0.0451. The summed E-state index contributed by atoms with van der Waals surface area (Å²) in [5.74, 6) is -1.46. The normalized spacial score (nSPS) is 15.3. The van der Waals surface area contributed by atoms with Crippen LogP contribution in [0, 0.1) is 5.82 Å². The number of carbonyl (C=O) groups is 2. The average molecular weight is 569 g/mol. The van der Waals surface area contributed by atoms with E-state index in [1.54, 1.807) is 6.92 Å². The predicted octanol–water partition coefficient (Wildman–Crippen LogP) is 4.22. The molecule has 0 aromatic heterocycles. The summed E-state index contributed by atoms with van der Waals surface area (Å²) in [6, 6.07) is 11.6. The van der Waals surface area contributed by atoms with E-state index in [0.29, 0.717) is 0 Å². The molecule has 35 heavy (non-hydrogen) atoms. The third-order valence-electron chi connectivity index (χ3n) is 6.16. The molecule has 1 saturated carbocycles. The molecule has 1 N–H and O–H groups in total. The summed E-state index contributed by atoms with van der Waals surface area (Å²) in [6.45, 7) is 1.20. The standard InChI is InChI=1S/C25H31BrFN3O4S/c1-18(25(32)28-22-8-4-3-5-9-22)29(16-19-11-13-20(26)14-12-19)24(31)17-30(35(2,33)34)23-10-6-7-21(27)15-23/h6-7,10-15,18,22H,3-5,8-9,16-17H2,1-2H3,(H,28,32). The van der Waals surface area contributed by atoms with Gasteiger partial charge in [-0.2, -0.15) is 0 Å². The zero-order valence-electron chi connectivity index (χ0n) is 19.9. The largest absolute Gasteiger partial charge is 0.352 e. The van der Waals surface area contributed by atoms with Crippen molar-refractivity contribution in [1.82, 2.24) is 10.2 Å². The number of nitrogens with zero attached hydrogens (tertiary/aromatic N) is 2. The second-order valence-corrected chi connectivity index (χ2v) is 11.7. The van der Waals surface area contributed by atoms with Crippen molar-refractivity contribution in [3.63, 3.8) is 0 Å². The number of amides is 2. The number of carbonyl (C=O) groups excluding carboxylic acids is 2. The van der Waals surface area contributed by atoms with Crippen LogP contribution in [0.1, 0.15) is 44.6 Å². The minimum Gasteiger partial charge on any atom is -0.352 e. The van der Waals surface area contributed by atoms with Gasteiger partial charge >= 0.3 is 0 Å². The third kappa shape index (κ3) is 7.76. The summed E-state index contributed by atoms with van der Waals surface area (Å²) < 4.78 is 40.6. The van der Waals surface area contributed by atoms with E-state index in [9.17, 15) is 22.4 Å². The van der Waals surface area contributed by atoms with Crippen LogP contribution >= 0.6 is 15.9 Å². The molecule has 1 atom stereocenters. The maximum absolute atomic E-state index is 13.8. The van der Waals surface area contributed by atoms with E-state index in [2.05, 4.69) is 21.2 Å². The average Bonchev–Trinajstić information content (AvgIpc) is 2.81. The van der Waals surface area contributed by atoms with Crippen molar-refractivity contribution in [2.45, 2.75) is 57.7 Å². The quantitative estimate of drug-likeness (QED) is 0.491. The highest BCUT2D eigenvalue weighted by Gasteiger charge is 2.31. The van der Waals surface area contributed by atoms with E-state index in [4.69, 9.17) is 0 Å². The molecule has 1 fully saturated rings. The lowest BCUT2D eigenvalue weighted by molar-refractivity contribution is -0.139. The first-order valence-electron chi connectivity index (χ1n) is 11.6. The van der Waals surface area contributed by atoms with E-state index in [1.165, 1.54) is 23.1 Å². The van der Waals surface area contributed by atoms with Gasteiger partial charge in [0.05, 0.1) is 11.9 Å². The van der Waals surface area contributed by atoms with Crippen LogP contribution in [-0.4, -0.2) is 50.0 Å². The van der Waals surface area contributed by atoms with Gasteiger partial charge in [0.25, 0.3) is 0 Å². The summed E-state index contributed by atoms with van der Waals surface area (Å²) in [5.41, 5.74) is 0.833. The highest BCUT2D eigenvalue weighted by molar-refractivity contribution is 9.10. The van der Waals surface area contributed by atoms with Crippen LogP contribution in [0.4, 0.5) is 10.1 Å². The fourth-order valence-electron chi connectivity index (χ4n) is 4.18. The van der Waals surface area contributed by atoms with Crippen LogP contribution in [0.2, 0.25) is 0 Å². The lowest BCUT2D eigenvalue weighted by atomic mass is 9.95. The minimum atomic E-state index is -3.90. The Morgan fingerprint density at radius 3 is 2.37 bits per heavy atom. The van der Waals surface area contributed by atoms with Crippen LogP contribution in [-0.2, 0) is 26.2 Å². The molecule has 0 heterocycles. The Balaban J connectivity index is 1.86. The van der Waals surface area contributed by atoms with Crippen LogP contribution in [0.15, 0.2) is 53.0 Å². The van der Waals surface area contributed by atoms with Gasteiger partial charge in [-0.3, -0.25) is 13.9 Å². The van der Waals surface area contributed by atoms with Gasteiger partial charge in [0.2, 0.25) is 21.8 Å². The van der Waals surface area contributed by atoms with Crippen molar-refractivity contribution < 1.29 is 22.4 Å². The maximum atomic E-state index is 13.8. The summed E-state index contributed by atoms with van der Waals surface area (Å²) in [4.78, 5) is 28.0. The van der Waals surface area contributed by atoms with E-state index in [1.807, 2.05) is 24.3 Å². The molecule has 1 aliphatic rings. The molecule has 0 saturated heterocycles. The Labute approximate surface area is 214 Å². The molecule has 2 aromatic carbocycles. The summed E-state index contributed by atoms with van der Waals surface area (Å²) in [6.07, 6.45) is 6.03. The monoisotopic (exact) mass is 567 g/mol. The zero-order chi connectivity index (χ0) is 25.6. The second kappa shape index (κ2) is 12.0. The van der Waals surface area contributed by atoms with E-state index >= 15 is 0 Å². The fourth-order valence-corrected chi connectivity index (χ4v) is 5.29. The topological polar surface area (TPSA) is 86.8 Å². The van der Waals surface area contributed by atoms with Gasteiger partial charge in [-0.25, -0.2) is 12.8 Å². The highest BCUT2D eigenvalue weighted by Crippen LogP contribution is 2.21. The third-order valence-corrected chi connectivity index (χ3v) is 7.83. The second-order valence-electron chi connectivity index (χ2n) is 8.92. The number of halogens is 2. The first kappa shape index (κ1) is 27.1. The molecular weight excluding hydrogens is 537 g/mol. The molecule has 0 bridgehead atoms. The van der Waals surface area contributed by atoms with Crippen molar-refractivity contribution in [3.8, 4) is 0 Å². The molecule has 1 aliphatic carbocycles. The number of anilines is 1. The first-order chi connectivity index (χ1) is 16.5. The molecule has 3 rings (SSSR count). The molecule has 0 spiro atoms. The van der Waals surface area contributed by atoms with Crippen LogP contribution in [0.3, 0.4) is 0 Å². The summed E-state index contributed by atoms with van der Waals surface area (Å²) in [5, 5.41) is 3.05. The van der Waals surface area contributed by atoms with Crippen LogP contribution in [0.25, 0.3) is 0 Å². The van der Waals surface area contributed by atoms with Crippen molar-refractivity contribution in [2.75, 3.05) is 17.1 Å². The van der Waals surface area contributed by atoms with E-state index < -0.39 is 34.3 Å². The molecule has 0 aliphatic heterocycles. The zero-order valence-corrected chi connectivity index (χ0v) is 22.3. The smallest absolute Gasteiger partial charge is 0.244 e. The Kier molecular flexibility index (Phi) is 9.29. The van der Waals surface area contributed by atoms with Crippen LogP contribution in [0.5, 0.6) is 0 Å². The summed E-state index contributed by atoms with van der Waals surface area (Å²) >= 11 is 3.39. The van der Waals surface area contributed by atoms with Crippen LogP contribution < -0.4 is 9.62 Å². The molecule has 7 nitrogen and oxygen atoms in total. The van der Waals surface area contributed by atoms with E-state index in [-0.39, 0.29) is 24.2 Å². The first-order valence-corrected chi connectivity index (χ1v) is 14.3. The van der Waals surface area contributed by atoms with Crippen molar-refractivity contribution in [2.24, 2.45) is 0 Å². The molecule has 10 heteroatoms. The number of nitrogens with one attached hydrogen (secondary N) is 1. The predicted molar refractivity (Wildman–Crippen MR) is 138 cm³/mol. The molecule has 0 radical (unpaired) electrons. The number of rotatable bonds is 9. The number of hydrogen-bond acceptors (Lipinski definition) is 4. The van der Waals surface area contributed by atoms with Gasteiger partial charge in [-0.1, -0.05) is 53.4 Å². The van der Waals surface area contributed by atoms with Gasteiger partial charge in [0.15, 0.2) is 0 Å².